The predicted molar refractivity (Wildman–Crippen MR) is 110 cm³/mol. The highest BCUT2D eigenvalue weighted by Crippen LogP contribution is 2.40. The zero-order valence-electron chi connectivity index (χ0n) is 16.6. The number of carbonyl (C=O) groups excluding carboxylic acids is 2. The molecule has 1 aromatic heterocycles. The SMILES string of the molecule is COC(=O)c1ccc(Cn2c3c(c4ccccc42)C2CN(C3)CN(C)C2=O)cc1. The Morgan fingerprint density at radius 2 is 1.90 bits per heavy atom. The van der Waals surface area contributed by atoms with Crippen molar-refractivity contribution in [3.05, 3.63) is 70.9 Å². The van der Waals surface area contributed by atoms with Gasteiger partial charge in [-0.3, -0.25) is 9.69 Å². The fourth-order valence-corrected chi connectivity index (χ4v) is 4.74. The van der Waals surface area contributed by atoms with Crippen LogP contribution in [-0.2, 0) is 22.6 Å². The number of hydrogen-bond acceptors (Lipinski definition) is 4. The van der Waals surface area contributed by atoms with Crippen molar-refractivity contribution in [1.82, 2.24) is 14.4 Å². The van der Waals surface area contributed by atoms with Crippen molar-refractivity contribution in [3.63, 3.8) is 0 Å². The van der Waals surface area contributed by atoms with E-state index in [1.54, 1.807) is 12.1 Å². The zero-order chi connectivity index (χ0) is 20.1. The minimum Gasteiger partial charge on any atom is -0.465 e. The first-order valence-corrected chi connectivity index (χ1v) is 9.81. The number of fused-ring (bicyclic) bond motifs is 6. The predicted octanol–water partition coefficient (Wildman–Crippen LogP) is 2.80. The summed E-state index contributed by atoms with van der Waals surface area (Å²) in [5, 5.41) is 1.17. The molecule has 2 bridgehead atoms. The number of benzene rings is 2. The van der Waals surface area contributed by atoms with E-state index in [1.165, 1.54) is 23.8 Å². The maximum atomic E-state index is 12.9. The molecule has 3 aromatic rings. The van der Waals surface area contributed by atoms with E-state index in [1.807, 2.05) is 36.2 Å². The van der Waals surface area contributed by atoms with Crippen molar-refractivity contribution in [2.45, 2.75) is 19.0 Å². The smallest absolute Gasteiger partial charge is 0.337 e. The summed E-state index contributed by atoms with van der Waals surface area (Å²) >= 11 is 0. The van der Waals surface area contributed by atoms with Crippen LogP contribution in [0.1, 0.15) is 33.1 Å². The van der Waals surface area contributed by atoms with Crippen molar-refractivity contribution in [2.24, 2.45) is 0 Å². The maximum absolute atomic E-state index is 12.9. The lowest BCUT2D eigenvalue weighted by Gasteiger charge is -2.42. The first-order chi connectivity index (χ1) is 14.1. The first-order valence-electron chi connectivity index (χ1n) is 9.81. The van der Waals surface area contributed by atoms with Gasteiger partial charge in [0.25, 0.3) is 0 Å². The molecule has 1 fully saturated rings. The van der Waals surface area contributed by atoms with Gasteiger partial charge in [-0.2, -0.15) is 0 Å². The molecule has 0 radical (unpaired) electrons. The fraction of sp³-hybridized carbons (Fsp3) is 0.304. The van der Waals surface area contributed by atoms with Gasteiger partial charge >= 0.3 is 5.97 Å². The average Bonchev–Trinajstić information content (AvgIpc) is 3.05. The molecule has 1 amide bonds. The summed E-state index contributed by atoms with van der Waals surface area (Å²) in [6.07, 6.45) is 0. The zero-order valence-corrected chi connectivity index (χ0v) is 16.6. The van der Waals surface area contributed by atoms with Gasteiger partial charge in [0.15, 0.2) is 0 Å². The molecule has 2 aliphatic heterocycles. The summed E-state index contributed by atoms with van der Waals surface area (Å²) in [6.45, 7) is 2.99. The Balaban J connectivity index is 1.60. The minimum atomic E-state index is -0.330. The Hall–Kier alpha value is -3.12. The molecule has 0 N–H and O–H groups in total. The van der Waals surface area contributed by atoms with E-state index < -0.39 is 0 Å². The molecule has 5 rings (SSSR count). The molecule has 2 aliphatic rings. The summed E-state index contributed by atoms with van der Waals surface area (Å²) in [5.41, 5.74) is 5.21. The summed E-state index contributed by atoms with van der Waals surface area (Å²) < 4.78 is 7.12. The van der Waals surface area contributed by atoms with Gasteiger partial charge in [0.2, 0.25) is 5.91 Å². The van der Waals surface area contributed by atoms with Crippen LogP contribution < -0.4 is 0 Å². The molecule has 148 valence electrons. The van der Waals surface area contributed by atoms with Crippen LogP contribution in [0.25, 0.3) is 10.9 Å². The molecule has 3 heterocycles. The van der Waals surface area contributed by atoms with Crippen LogP contribution in [0, 0.1) is 0 Å². The lowest BCUT2D eigenvalue weighted by molar-refractivity contribution is -0.139. The van der Waals surface area contributed by atoms with Gasteiger partial charge in [0, 0.05) is 43.3 Å². The van der Waals surface area contributed by atoms with Crippen molar-refractivity contribution >= 4 is 22.8 Å². The number of methoxy groups -OCH3 is 1. The third-order valence-corrected chi connectivity index (χ3v) is 6.09. The van der Waals surface area contributed by atoms with Gasteiger partial charge in [-0.15, -0.1) is 0 Å². The Morgan fingerprint density at radius 3 is 2.66 bits per heavy atom. The van der Waals surface area contributed by atoms with E-state index in [9.17, 15) is 9.59 Å². The lowest BCUT2D eigenvalue weighted by Crippen LogP contribution is -2.52. The highest BCUT2D eigenvalue weighted by molar-refractivity contribution is 5.95. The van der Waals surface area contributed by atoms with Crippen LogP contribution in [0.4, 0.5) is 0 Å². The van der Waals surface area contributed by atoms with Crippen molar-refractivity contribution in [3.8, 4) is 0 Å². The molecule has 0 aliphatic carbocycles. The Labute approximate surface area is 169 Å². The van der Waals surface area contributed by atoms with Crippen LogP contribution in [0.15, 0.2) is 48.5 Å². The van der Waals surface area contributed by atoms with E-state index in [4.69, 9.17) is 4.74 Å². The fourth-order valence-electron chi connectivity index (χ4n) is 4.74. The van der Waals surface area contributed by atoms with E-state index in [2.05, 4.69) is 21.6 Å². The van der Waals surface area contributed by atoms with E-state index in [-0.39, 0.29) is 17.8 Å². The monoisotopic (exact) mass is 389 g/mol. The molecule has 0 spiro atoms. The summed E-state index contributed by atoms with van der Waals surface area (Å²) in [4.78, 5) is 28.8. The second kappa shape index (κ2) is 6.74. The maximum Gasteiger partial charge on any atom is 0.337 e. The number of esters is 1. The van der Waals surface area contributed by atoms with Crippen LogP contribution in [0.5, 0.6) is 0 Å². The Bertz CT molecular complexity index is 1120. The molecule has 2 unspecified atom stereocenters. The lowest BCUT2D eigenvalue weighted by atomic mass is 9.89. The molecular formula is C23H23N3O3. The molecule has 29 heavy (non-hydrogen) atoms. The Morgan fingerprint density at radius 1 is 1.14 bits per heavy atom. The third kappa shape index (κ3) is 2.83. The van der Waals surface area contributed by atoms with Crippen LogP contribution in [0.2, 0.25) is 0 Å². The van der Waals surface area contributed by atoms with Crippen molar-refractivity contribution < 1.29 is 14.3 Å². The molecule has 1 saturated heterocycles. The number of rotatable bonds is 3. The highest BCUT2D eigenvalue weighted by atomic mass is 16.5. The molecule has 0 saturated carbocycles. The highest BCUT2D eigenvalue weighted by Gasteiger charge is 2.40. The van der Waals surface area contributed by atoms with E-state index in [0.29, 0.717) is 18.8 Å². The number of ether oxygens (including phenoxy) is 1. The summed E-state index contributed by atoms with van der Waals surface area (Å²) in [7, 11) is 3.27. The van der Waals surface area contributed by atoms with Gasteiger partial charge in [0.1, 0.15) is 0 Å². The van der Waals surface area contributed by atoms with Gasteiger partial charge < -0.3 is 14.2 Å². The van der Waals surface area contributed by atoms with Crippen LogP contribution in [-0.4, -0.2) is 53.6 Å². The van der Waals surface area contributed by atoms with E-state index >= 15 is 0 Å². The Kier molecular flexibility index (Phi) is 4.17. The number of carbonyl (C=O) groups is 2. The number of likely N-dealkylation sites (N-methyl/N-ethyl adjacent to an activating group) is 1. The molecule has 6 nitrogen and oxygen atoms in total. The number of para-hydroxylation sites is 1. The van der Waals surface area contributed by atoms with Gasteiger partial charge in [-0.25, -0.2) is 4.79 Å². The number of nitrogens with zero attached hydrogens (tertiary/aromatic N) is 3. The average molecular weight is 389 g/mol. The van der Waals surface area contributed by atoms with Crippen LogP contribution in [0.3, 0.4) is 0 Å². The summed E-state index contributed by atoms with van der Waals surface area (Å²) in [6, 6.07) is 15.9. The number of hydrogen-bond donors (Lipinski definition) is 0. The minimum absolute atomic E-state index is 0.106. The molecule has 2 atom stereocenters. The normalized spacial score (nSPS) is 20.6. The molecule has 2 aromatic carbocycles. The molecular weight excluding hydrogens is 366 g/mol. The quantitative estimate of drug-likeness (QED) is 0.647. The van der Waals surface area contributed by atoms with Gasteiger partial charge in [-0.05, 0) is 29.3 Å². The topological polar surface area (TPSA) is 54.8 Å². The second-order valence-corrected chi connectivity index (χ2v) is 7.89. The van der Waals surface area contributed by atoms with Gasteiger partial charge in [-0.1, -0.05) is 30.3 Å². The second-order valence-electron chi connectivity index (χ2n) is 7.89. The summed E-state index contributed by atoms with van der Waals surface area (Å²) in [5.74, 6) is -0.235. The van der Waals surface area contributed by atoms with Crippen molar-refractivity contribution in [1.29, 1.82) is 0 Å². The van der Waals surface area contributed by atoms with Crippen molar-refractivity contribution in [2.75, 3.05) is 27.4 Å². The standard InChI is InChI=1S/C23H23N3O3/c1-24-14-25-12-18(22(24)27)21-17-5-3-4-6-19(17)26(20(21)13-25)11-15-7-9-16(10-8-15)23(28)29-2/h3-10,18H,11-14H2,1-2H3. The third-order valence-electron chi connectivity index (χ3n) is 6.09. The number of aromatic nitrogens is 1. The largest absolute Gasteiger partial charge is 0.465 e. The first kappa shape index (κ1) is 17.9. The number of amides is 1. The van der Waals surface area contributed by atoms with Gasteiger partial charge in [0.05, 0.1) is 25.3 Å². The van der Waals surface area contributed by atoms with Crippen LogP contribution >= 0.6 is 0 Å². The molecule has 6 heteroatoms. The van der Waals surface area contributed by atoms with E-state index in [0.717, 1.165) is 24.2 Å².